The van der Waals surface area contributed by atoms with Gasteiger partial charge in [-0.3, -0.25) is 9.36 Å². The highest BCUT2D eigenvalue weighted by atomic mass is 35.5. The molecule has 3 rings (SSSR count). The molecule has 3 aromatic rings. The van der Waals surface area contributed by atoms with E-state index in [-0.39, 0.29) is 11.7 Å². The number of rotatable bonds is 5. The molecule has 0 radical (unpaired) electrons. The summed E-state index contributed by atoms with van der Waals surface area (Å²) in [4.78, 5) is 12.1. The average molecular weight is 369 g/mol. The van der Waals surface area contributed by atoms with Crippen LogP contribution in [0.3, 0.4) is 0 Å². The van der Waals surface area contributed by atoms with E-state index in [1.165, 1.54) is 11.8 Å². The lowest BCUT2D eigenvalue weighted by Gasteiger charge is -2.07. The number of carbonyl (C=O) groups is 1. The lowest BCUT2D eigenvalue weighted by molar-refractivity contribution is -0.113. The summed E-state index contributed by atoms with van der Waals surface area (Å²) in [6.07, 6.45) is 6.95. The van der Waals surface area contributed by atoms with E-state index in [1.54, 1.807) is 47.3 Å². The minimum Gasteiger partial charge on any atom is -0.325 e. The van der Waals surface area contributed by atoms with E-state index < -0.39 is 0 Å². The highest BCUT2D eigenvalue weighted by Gasteiger charge is 2.11. The quantitative estimate of drug-likeness (QED) is 0.552. The van der Waals surface area contributed by atoms with Crippen molar-refractivity contribution in [3.63, 3.8) is 0 Å². The van der Waals surface area contributed by atoms with Gasteiger partial charge < -0.3 is 5.32 Å². The molecule has 0 aliphatic heterocycles. The highest BCUT2D eigenvalue weighted by Crippen LogP contribution is 2.22. The first-order valence-corrected chi connectivity index (χ1v) is 8.67. The summed E-state index contributed by atoms with van der Waals surface area (Å²) in [5, 5.41) is 12.0. The Bertz CT molecular complexity index is 948. The van der Waals surface area contributed by atoms with E-state index in [0.29, 0.717) is 21.4 Å². The van der Waals surface area contributed by atoms with E-state index in [9.17, 15) is 4.79 Å². The van der Waals surface area contributed by atoms with Crippen molar-refractivity contribution >= 4 is 35.0 Å². The number of nitrogens with one attached hydrogen (secondary N) is 1. The zero-order chi connectivity index (χ0) is 17.6. The molecular formula is C18H13ClN4OS. The van der Waals surface area contributed by atoms with Gasteiger partial charge in [0.15, 0.2) is 5.16 Å². The number of amides is 1. The lowest BCUT2D eigenvalue weighted by atomic mass is 10.2. The lowest BCUT2D eigenvalue weighted by Crippen LogP contribution is -2.14. The minimum absolute atomic E-state index is 0.153. The Morgan fingerprint density at radius 1 is 1.28 bits per heavy atom. The first kappa shape index (κ1) is 17.1. The number of terminal acetylenes is 1. The predicted octanol–water partition coefficient (Wildman–Crippen LogP) is 3.63. The van der Waals surface area contributed by atoms with Crippen LogP contribution in [0.25, 0.3) is 5.69 Å². The first-order valence-electron chi connectivity index (χ1n) is 7.31. The fourth-order valence-electron chi connectivity index (χ4n) is 2.14. The van der Waals surface area contributed by atoms with Crippen LogP contribution in [0.5, 0.6) is 0 Å². The van der Waals surface area contributed by atoms with E-state index in [1.807, 2.05) is 12.1 Å². The SMILES string of the molecule is C#Cc1cccc(NC(=O)CSc2nncn2-c2cccc(Cl)c2)c1. The summed E-state index contributed by atoms with van der Waals surface area (Å²) in [7, 11) is 0. The molecule has 1 aromatic heterocycles. The van der Waals surface area contributed by atoms with Gasteiger partial charge in [-0.15, -0.1) is 16.6 Å². The van der Waals surface area contributed by atoms with Gasteiger partial charge in [0.05, 0.1) is 11.4 Å². The van der Waals surface area contributed by atoms with Crippen LogP contribution >= 0.6 is 23.4 Å². The Kier molecular flexibility index (Phi) is 5.39. The number of halogens is 1. The van der Waals surface area contributed by atoms with Crippen LogP contribution in [-0.4, -0.2) is 26.4 Å². The molecular weight excluding hydrogens is 356 g/mol. The van der Waals surface area contributed by atoms with Crippen molar-refractivity contribution < 1.29 is 4.79 Å². The van der Waals surface area contributed by atoms with Crippen molar-refractivity contribution in [2.45, 2.75) is 5.16 Å². The number of carbonyl (C=O) groups excluding carboxylic acids is 1. The van der Waals surface area contributed by atoms with Gasteiger partial charge in [0.2, 0.25) is 5.91 Å². The third kappa shape index (κ3) is 4.41. The molecule has 5 nitrogen and oxygen atoms in total. The Labute approximate surface area is 154 Å². The van der Waals surface area contributed by atoms with Gasteiger partial charge in [0.25, 0.3) is 0 Å². The molecule has 1 amide bonds. The van der Waals surface area contributed by atoms with Crippen LogP contribution in [0, 0.1) is 12.3 Å². The van der Waals surface area contributed by atoms with Crippen LogP contribution in [0.1, 0.15) is 5.56 Å². The maximum Gasteiger partial charge on any atom is 0.234 e. The molecule has 0 spiro atoms. The van der Waals surface area contributed by atoms with Crippen molar-refractivity contribution in [2.24, 2.45) is 0 Å². The summed E-state index contributed by atoms with van der Waals surface area (Å²) in [5.74, 6) is 2.58. The minimum atomic E-state index is -0.153. The third-order valence-corrected chi connectivity index (χ3v) is 4.43. The molecule has 0 bridgehead atoms. The van der Waals surface area contributed by atoms with E-state index >= 15 is 0 Å². The van der Waals surface area contributed by atoms with Crippen LogP contribution in [0.4, 0.5) is 5.69 Å². The summed E-state index contributed by atoms with van der Waals surface area (Å²) >= 11 is 7.30. The van der Waals surface area contributed by atoms with Gasteiger partial charge in [-0.05, 0) is 36.4 Å². The van der Waals surface area contributed by atoms with Crippen LogP contribution in [0.2, 0.25) is 5.02 Å². The highest BCUT2D eigenvalue weighted by molar-refractivity contribution is 7.99. The second-order valence-corrected chi connectivity index (χ2v) is 6.40. The maximum absolute atomic E-state index is 12.1. The molecule has 0 saturated carbocycles. The van der Waals surface area contributed by atoms with Crippen LogP contribution in [0.15, 0.2) is 60.0 Å². The van der Waals surface area contributed by atoms with Crippen molar-refractivity contribution in [3.8, 4) is 18.0 Å². The zero-order valence-corrected chi connectivity index (χ0v) is 14.6. The number of hydrogen-bond acceptors (Lipinski definition) is 4. The average Bonchev–Trinajstić information content (AvgIpc) is 3.09. The molecule has 0 atom stereocenters. The van der Waals surface area contributed by atoms with Crippen molar-refractivity contribution in [2.75, 3.05) is 11.1 Å². The Hall–Kier alpha value is -2.75. The first-order chi connectivity index (χ1) is 12.2. The Balaban J connectivity index is 1.65. The summed E-state index contributed by atoms with van der Waals surface area (Å²) in [6, 6.07) is 14.5. The zero-order valence-electron chi connectivity index (χ0n) is 13.0. The Morgan fingerprint density at radius 3 is 2.92 bits per heavy atom. The number of hydrogen-bond donors (Lipinski definition) is 1. The molecule has 0 aliphatic rings. The molecule has 124 valence electrons. The molecule has 0 aliphatic carbocycles. The van der Waals surface area contributed by atoms with Gasteiger partial charge in [-0.1, -0.05) is 41.4 Å². The normalized spacial score (nSPS) is 10.2. The smallest absolute Gasteiger partial charge is 0.234 e. The number of thioether (sulfide) groups is 1. The van der Waals surface area contributed by atoms with Crippen molar-refractivity contribution in [1.29, 1.82) is 0 Å². The van der Waals surface area contributed by atoms with E-state index in [0.717, 1.165) is 5.69 Å². The largest absolute Gasteiger partial charge is 0.325 e. The van der Waals surface area contributed by atoms with Crippen molar-refractivity contribution in [1.82, 2.24) is 14.8 Å². The van der Waals surface area contributed by atoms with Gasteiger partial charge in [-0.25, -0.2) is 0 Å². The van der Waals surface area contributed by atoms with Crippen LogP contribution in [-0.2, 0) is 4.79 Å². The Morgan fingerprint density at radius 2 is 2.12 bits per heavy atom. The van der Waals surface area contributed by atoms with Gasteiger partial charge in [-0.2, -0.15) is 0 Å². The molecule has 2 aromatic carbocycles. The standard InChI is InChI=1S/C18H13ClN4OS/c1-2-13-5-3-7-15(9-13)21-17(24)11-25-18-22-20-12-23(18)16-8-4-6-14(19)10-16/h1,3-10,12H,11H2,(H,21,24). The number of nitrogens with zero attached hydrogens (tertiary/aromatic N) is 3. The molecule has 7 heteroatoms. The van der Waals surface area contributed by atoms with E-state index in [4.69, 9.17) is 18.0 Å². The van der Waals surface area contributed by atoms with Gasteiger partial charge in [0, 0.05) is 16.3 Å². The third-order valence-electron chi connectivity index (χ3n) is 3.25. The maximum atomic E-state index is 12.1. The van der Waals surface area contributed by atoms with Crippen LogP contribution < -0.4 is 5.32 Å². The van der Waals surface area contributed by atoms with Gasteiger partial charge >= 0.3 is 0 Å². The summed E-state index contributed by atoms with van der Waals surface area (Å²) in [5.41, 5.74) is 2.21. The number of aromatic nitrogens is 3. The van der Waals surface area contributed by atoms with Gasteiger partial charge in [0.1, 0.15) is 6.33 Å². The fraction of sp³-hybridized carbons (Fsp3) is 0.0556. The number of anilines is 1. The predicted molar refractivity (Wildman–Crippen MR) is 100 cm³/mol. The fourth-order valence-corrected chi connectivity index (χ4v) is 3.05. The topological polar surface area (TPSA) is 59.8 Å². The monoisotopic (exact) mass is 368 g/mol. The summed E-state index contributed by atoms with van der Waals surface area (Å²) < 4.78 is 1.78. The van der Waals surface area contributed by atoms with E-state index in [2.05, 4.69) is 21.4 Å². The molecule has 1 heterocycles. The second kappa shape index (κ2) is 7.88. The molecule has 0 saturated heterocycles. The summed E-state index contributed by atoms with van der Waals surface area (Å²) in [6.45, 7) is 0. The van der Waals surface area contributed by atoms with Crippen molar-refractivity contribution in [3.05, 3.63) is 65.4 Å². The number of benzene rings is 2. The molecule has 1 N–H and O–H groups in total. The second-order valence-electron chi connectivity index (χ2n) is 5.03. The molecule has 0 fully saturated rings. The molecule has 0 unspecified atom stereocenters. The molecule has 25 heavy (non-hydrogen) atoms.